The fourth-order valence-electron chi connectivity index (χ4n) is 2.83. The molecular weight excluding hydrogens is 266 g/mol. The van der Waals surface area contributed by atoms with Gasteiger partial charge in [-0.1, -0.05) is 30.3 Å². The maximum atomic E-state index is 12.7. The van der Waals surface area contributed by atoms with Crippen LogP contribution in [0.5, 0.6) is 0 Å². The van der Waals surface area contributed by atoms with Crippen LogP contribution in [0.3, 0.4) is 0 Å². The van der Waals surface area contributed by atoms with E-state index in [2.05, 4.69) is 0 Å². The Bertz CT molecular complexity index is 519. The smallest absolute Gasteiger partial charge is 0.319 e. The van der Waals surface area contributed by atoms with E-state index in [4.69, 9.17) is 4.74 Å². The van der Waals surface area contributed by atoms with E-state index in [1.165, 1.54) is 0 Å². The standard InChI is InChI=1S/C17H23NO3/c1-5-21-16(20)14-13(12-9-7-6-8-10-12)11-18(15(14)19)17(2,3)4/h6-10,13-14H,5,11H2,1-4H3/t13-,14-/m0/s1. The number of esters is 1. The molecule has 4 nitrogen and oxygen atoms in total. The minimum Gasteiger partial charge on any atom is -0.465 e. The molecule has 0 unspecified atom stereocenters. The highest BCUT2D eigenvalue weighted by molar-refractivity contribution is 6.01. The van der Waals surface area contributed by atoms with Crippen LogP contribution in [0.1, 0.15) is 39.2 Å². The average molecular weight is 289 g/mol. The van der Waals surface area contributed by atoms with Crippen molar-refractivity contribution in [3.8, 4) is 0 Å². The molecule has 0 aliphatic carbocycles. The first-order chi connectivity index (χ1) is 9.86. The molecule has 1 saturated heterocycles. The number of ether oxygens (including phenoxy) is 1. The van der Waals surface area contributed by atoms with Gasteiger partial charge in [0.2, 0.25) is 5.91 Å². The van der Waals surface area contributed by atoms with Gasteiger partial charge in [-0.2, -0.15) is 0 Å². The summed E-state index contributed by atoms with van der Waals surface area (Å²) in [7, 11) is 0. The van der Waals surface area contributed by atoms with Crippen molar-refractivity contribution in [1.29, 1.82) is 0 Å². The van der Waals surface area contributed by atoms with Crippen LogP contribution in [-0.4, -0.2) is 35.5 Å². The minimum atomic E-state index is -0.730. The summed E-state index contributed by atoms with van der Waals surface area (Å²) in [6.45, 7) is 8.56. The first kappa shape index (κ1) is 15.5. The SMILES string of the molecule is CCOC(=O)[C@@H]1C(=O)N(C(C)(C)C)C[C@H]1c1ccccc1. The number of hydrogen-bond acceptors (Lipinski definition) is 3. The maximum absolute atomic E-state index is 12.7. The third-order valence-electron chi connectivity index (χ3n) is 3.89. The quantitative estimate of drug-likeness (QED) is 0.634. The van der Waals surface area contributed by atoms with Gasteiger partial charge in [0.05, 0.1) is 6.61 Å². The molecule has 1 aliphatic rings. The predicted molar refractivity (Wildman–Crippen MR) is 80.8 cm³/mol. The van der Waals surface area contributed by atoms with Crippen molar-refractivity contribution in [2.24, 2.45) is 5.92 Å². The summed E-state index contributed by atoms with van der Waals surface area (Å²) in [5.41, 5.74) is 0.710. The average Bonchev–Trinajstić information content (AvgIpc) is 2.77. The molecule has 1 aromatic rings. The third-order valence-corrected chi connectivity index (χ3v) is 3.89. The molecule has 0 bridgehead atoms. The van der Waals surface area contributed by atoms with Gasteiger partial charge in [0.15, 0.2) is 0 Å². The highest BCUT2D eigenvalue weighted by atomic mass is 16.5. The van der Waals surface area contributed by atoms with Gasteiger partial charge in [-0.15, -0.1) is 0 Å². The number of carbonyl (C=O) groups excluding carboxylic acids is 2. The fourth-order valence-corrected chi connectivity index (χ4v) is 2.83. The Balaban J connectivity index is 2.37. The normalized spacial score (nSPS) is 22.5. The first-order valence-electron chi connectivity index (χ1n) is 7.39. The Labute approximate surface area is 126 Å². The lowest BCUT2D eigenvalue weighted by Crippen LogP contribution is -2.44. The molecular formula is C17H23NO3. The van der Waals surface area contributed by atoms with Crippen molar-refractivity contribution in [3.05, 3.63) is 35.9 Å². The molecule has 0 saturated carbocycles. The second kappa shape index (κ2) is 5.88. The van der Waals surface area contributed by atoms with Gasteiger partial charge in [-0.25, -0.2) is 0 Å². The molecule has 2 rings (SSSR count). The second-order valence-electron chi connectivity index (χ2n) is 6.37. The molecule has 2 atom stereocenters. The number of hydrogen-bond donors (Lipinski definition) is 0. The Morgan fingerprint density at radius 2 is 1.90 bits per heavy atom. The molecule has 1 fully saturated rings. The van der Waals surface area contributed by atoms with Gasteiger partial charge in [0.25, 0.3) is 0 Å². The highest BCUT2D eigenvalue weighted by Gasteiger charge is 2.49. The van der Waals surface area contributed by atoms with Crippen LogP contribution in [0, 0.1) is 5.92 Å². The van der Waals surface area contributed by atoms with E-state index in [1.54, 1.807) is 11.8 Å². The second-order valence-corrected chi connectivity index (χ2v) is 6.37. The van der Waals surface area contributed by atoms with Gasteiger partial charge in [0, 0.05) is 18.0 Å². The van der Waals surface area contributed by atoms with Crippen LogP contribution >= 0.6 is 0 Å². The first-order valence-corrected chi connectivity index (χ1v) is 7.39. The van der Waals surface area contributed by atoms with Crippen LogP contribution < -0.4 is 0 Å². The highest BCUT2D eigenvalue weighted by Crippen LogP contribution is 2.37. The van der Waals surface area contributed by atoms with Crippen molar-refractivity contribution in [2.75, 3.05) is 13.2 Å². The summed E-state index contributed by atoms with van der Waals surface area (Å²) in [4.78, 5) is 26.7. The Hall–Kier alpha value is -1.84. The zero-order chi connectivity index (χ0) is 15.6. The van der Waals surface area contributed by atoms with Crippen molar-refractivity contribution in [2.45, 2.75) is 39.2 Å². The summed E-state index contributed by atoms with van der Waals surface area (Å²) in [6.07, 6.45) is 0. The van der Waals surface area contributed by atoms with E-state index in [-0.39, 0.29) is 17.4 Å². The third kappa shape index (κ3) is 3.09. The summed E-state index contributed by atoms with van der Waals surface area (Å²) < 4.78 is 5.12. The van der Waals surface area contributed by atoms with Gasteiger partial charge in [0.1, 0.15) is 5.92 Å². The van der Waals surface area contributed by atoms with E-state index in [0.717, 1.165) is 5.56 Å². The zero-order valence-corrected chi connectivity index (χ0v) is 13.1. The van der Waals surface area contributed by atoms with Crippen molar-refractivity contribution in [3.63, 3.8) is 0 Å². The summed E-state index contributed by atoms with van der Waals surface area (Å²) in [5, 5.41) is 0. The van der Waals surface area contributed by atoms with Crippen LogP contribution in [-0.2, 0) is 14.3 Å². The van der Waals surface area contributed by atoms with E-state index in [1.807, 2.05) is 51.1 Å². The van der Waals surface area contributed by atoms with Crippen LogP contribution in [0.2, 0.25) is 0 Å². The van der Waals surface area contributed by atoms with Crippen LogP contribution in [0.15, 0.2) is 30.3 Å². The molecule has 1 aromatic carbocycles. The molecule has 1 heterocycles. The lowest BCUT2D eigenvalue weighted by Gasteiger charge is -2.32. The van der Waals surface area contributed by atoms with E-state index in [0.29, 0.717) is 13.2 Å². The van der Waals surface area contributed by atoms with Crippen LogP contribution in [0.25, 0.3) is 0 Å². The van der Waals surface area contributed by atoms with Gasteiger partial charge >= 0.3 is 5.97 Å². The molecule has 4 heteroatoms. The van der Waals surface area contributed by atoms with Gasteiger partial charge in [-0.3, -0.25) is 9.59 Å². The molecule has 1 aliphatic heterocycles. The van der Waals surface area contributed by atoms with Crippen molar-refractivity contribution < 1.29 is 14.3 Å². The number of amides is 1. The number of benzene rings is 1. The molecule has 0 N–H and O–H groups in total. The molecule has 0 aromatic heterocycles. The van der Waals surface area contributed by atoms with Crippen LogP contribution in [0.4, 0.5) is 0 Å². The number of rotatable bonds is 3. The Morgan fingerprint density at radius 3 is 2.43 bits per heavy atom. The van der Waals surface area contributed by atoms with Crippen molar-refractivity contribution in [1.82, 2.24) is 4.90 Å². The fraction of sp³-hybridized carbons (Fsp3) is 0.529. The molecule has 114 valence electrons. The molecule has 0 radical (unpaired) electrons. The van der Waals surface area contributed by atoms with Gasteiger partial charge in [-0.05, 0) is 33.3 Å². The molecule has 1 amide bonds. The lowest BCUT2D eigenvalue weighted by atomic mass is 9.89. The van der Waals surface area contributed by atoms with E-state index >= 15 is 0 Å². The number of carbonyl (C=O) groups is 2. The lowest BCUT2D eigenvalue weighted by molar-refractivity contribution is -0.153. The molecule has 21 heavy (non-hydrogen) atoms. The predicted octanol–water partition coefficient (Wildman–Crippen LogP) is 2.59. The Morgan fingerprint density at radius 1 is 1.29 bits per heavy atom. The zero-order valence-electron chi connectivity index (χ0n) is 13.1. The van der Waals surface area contributed by atoms with E-state index < -0.39 is 11.9 Å². The number of likely N-dealkylation sites (tertiary alicyclic amines) is 1. The Kier molecular flexibility index (Phi) is 4.35. The number of nitrogens with zero attached hydrogens (tertiary/aromatic N) is 1. The maximum Gasteiger partial charge on any atom is 0.319 e. The largest absolute Gasteiger partial charge is 0.465 e. The summed E-state index contributed by atoms with van der Waals surface area (Å²) >= 11 is 0. The van der Waals surface area contributed by atoms with Crippen molar-refractivity contribution >= 4 is 11.9 Å². The monoisotopic (exact) mass is 289 g/mol. The van der Waals surface area contributed by atoms with E-state index in [9.17, 15) is 9.59 Å². The summed E-state index contributed by atoms with van der Waals surface area (Å²) in [6, 6.07) is 9.73. The topological polar surface area (TPSA) is 46.6 Å². The van der Waals surface area contributed by atoms with Gasteiger partial charge < -0.3 is 9.64 Å². The summed E-state index contributed by atoms with van der Waals surface area (Å²) in [5.74, 6) is -1.42. The molecule has 0 spiro atoms. The minimum absolute atomic E-state index is 0.130.